The second-order valence-corrected chi connectivity index (χ2v) is 6.05. The molecule has 0 aliphatic heterocycles. The fraction of sp³-hybridized carbons (Fsp3) is 0.333. The number of thioether (sulfide) groups is 1. The molecule has 0 heterocycles. The Morgan fingerprint density at radius 2 is 1.86 bits per heavy atom. The van der Waals surface area contributed by atoms with Crippen LogP contribution in [0.5, 0.6) is 5.75 Å². The third-order valence-electron chi connectivity index (χ3n) is 3.75. The van der Waals surface area contributed by atoms with Gasteiger partial charge in [-0.2, -0.15) is 0 Å². The molecular weight excluding hydrogens is 294 g/mol. The van der Waals surface area contributed by atoms with E-state index in [9.17, 15) is 5.11 Å². The summed E-state index contributed by atoms with van der Waals surface area (Å²) in [6, 6.07) is 16.3. The molecule has 2 atom stereocenters. The van der Waals surface area contributed by atoms with Gasteiger partial charge < -0.3 is 15.2 Å². The first-order chi connectivity index (χ1) is 10.7. The topological polar surface area (TPSA) is 41.5 Å². The lowest BCUT2D eigenvalue weighted by molar-refractivity contribution is 0.235. The van der Waals surface area contributed by atoms with Crippen molar-refractivity contribution >= 4 is 11.8 Å². The van der Waals surface area contributed by atoms with Crippen LogP contribution in [0, 0.1) is 0 Å². The molecule has 2 aromatic carbocycles. The van der Waals surface area contributed by atoms with Crippen LogP contribution in [0.2, 0.25) is 0 Å². The number of aliphatic hydroxyl groups is 1. The zero-order valence-corrected chi connectivity index (χ0v) is 14.1. The van der Waals surface area contributed by atoms with E-state index in [-0.39, 0.29) is 18.7 Å². The van der Waals surface area contributed by atoms with E-state index in [0.717, 1.165) is 11.3 Å². The molecule has 0 fully saturated rings. The average Bonchev–Trinajstić information content (AvgIpc) is 2.59. The highest BCUT2D eigenvalue weighted by molar-refractivity contribution is 7.98. The standard InChI is InChI=1S/C18H23NO2S/c1-13(14-7-9-17(22-3)10-8-14)19-18(12-20)15-5-4-6-16(11-15)21-2/h4-11,13,18-20H,12H2,1-3H3. The number of nitrogens with one attached hydrogen (secondary N) is 1. The van der Waals surface area contributed by atoms with Gasteiger partial charge in [0, 0.05) is 10.9 Å². The molecule has 0 radical (unpaired) electrons. The number of hydrogen-bond acceptors (Lipinski definition) is 4. The van der Waals surface area contributed by atoms with Gasteiger partial charge in [-0.25, -0.2) is 0 Å². The van der Waals surface area contributed by atoms with Gasteiger partial charge in [0.1, 0.15) is 5.75 Å². The van der Waals surface area contributed by atoms with Gasteiger partial charge in [0.15, 0.2) is 0 Å². The lowest BCUT2D eigenvalue weighted by Crippen LogP contribution is -2.27. The first-order valence-corrected chi connectivity index (χ1v) is 8.55. The van der Waals surface area contributed by atoms with Gasteiger partial charge in [0.2, 0.25) is 0 Å². The van der Waals surface area contributed by atoms with Crippen LogP contribution in [0.25, 0.3) is 0 Å². The van der Waals surface area contributed by atoms with E-state index in [4.69, 9.17) is 4.74 Å². The fourth-order valence-corrected chi connectivity index (χ4v) is 2.81. The Balaban J connectivity index is 2.10. The molecule has 2 aromatic rings. The van der Waals surface area contributed by atoms with E-state index in [1.165, 1.54) is 10.5 Å². The number of hydrogen-bond donors (Lipinski definition) is 2. The maximum Gasteiger partial charge on any atom is 0.119 e. The number of aliphatic hydroxyl groups excluding tert-OH is 1. The summed E-state index contributed by atoms with van der Waals surface area (Å²) in [5.41, 5.74) is 2.23. The van der Waals surface area contributed by atoms with Crippen LogP contribution < -0.4 is 10.1 Å². The summed E-state index contributed by atoms with van der Waals surface area (Å²) < 4.78 is 5.25. The Hall–Kier alpha value is -1.49. The predicted molar refractivity (Wildman–Crippen MR) is 92.6 cm³/mol. The minimum atomic E-state index is -0.120. The molecule has 0 aliphatic rings. The predicted octanol–water partition coefficient (Wildman–Crippen LogP) is 3.80. The lowest BCUT2D eigenvalue weighted by Gasteiger charge is -2.23. The van der Waals surface area contributed by atoms with E-state index in [1.807, 2.05) is 24.3 Å². The van der Waals surface area contributed by atoms with E-state index >= 15 is 0 Å². The Morgan fingerprint density at radius 1 is 1.14 bits per heavy atom. The van der Waals surface area contributed by atoms with Crippen LogP contribution in [0.4, 0.5) is 0 Å². The minimum absolute atomic E-state index is 0.0421. The van der Waals surface area contributed by atoms with E-state index in [1.54, 1.807) is 18.9 Å². The summed E-state index contributed by atoms with van der Waals surface area (Å²) in [6.07, 6.45) is 2.07. The summed E-state index contributed by atoms with van der Waals surface area (Å²) >= 11 is 1.73. The van der Waals surface area contributed by atoms with E-state index < -0.39 is 0 Å². The van der Waals surface area contributed by atoms with E-state index in [0.29, 0.717) is 0 Å². The third kappa shape index (κ3) is 4.26. The van der Waals surface area contributed by atoms with Crippen LogP contribution in [-0.4, -0.2) is 25.1 Å². The van der Waals surface area contributed by atoms with Crippen molar-refractivity contribution in [2.24, 2.45) is 0 Å². The molecular formula is C18H23NO2S. The first kappa shape index (κ1) is 16.9. The minimum Gasteiger partial charge on any atom is -0.497 e. The smallest absolute Gasteiger partial charge is 0.119 e. The van der Waals surface area contributed by atoms with Gasteiger partial charge in [-0.1, -0.05) is 24.3 Å². The van der Waals surface area contributed by atoms with Crippen molar-refractivity contribution < 1.29 is 9.84 Å². The van der Waals surface area contributed by atoms with Crippen LogP contribution in [0.1, 0.15) is 30.1 Å². The number of ether oxygens (including phenoxy) is 1. The maximum atomic E-state index is 9.71. The molecule has 2 N–H and O–H groups in total. The highest BCUT2D eigenvalue weighted by atomic mass is 32.2. The van der Waals surface area contributed by atoms with Gasteiger partial charge in [-0.3, -0.25) is 0 Å². The molecule has 0 bridgehead atoms. The lowest BCUT2D eigenvalue weighted by atomic mass is 10.0. The van der Waals surface area contributed by atoms with Crippen molar-refractivity contribution in [1.82, 2.24) is 5.32 Å². The van der Waals surface area contributed by atoms with Crippen molar-refractivity contribution in [2.45, 2.75) is 23.9 Å². The van der Waals surface area contributed by atoms with Crippen molar-refractivity contribution in [3.8, 4) is 5.75 Å². The van der Waals surface area contributed by atoms with Gasteiger partial charge in [-0.15, -0.1) is 11.8 Å². The van der Waals surface area contributed by atoms with E-state index in [2.05, 4.69) is 42.8 Å². The summed E-state index contributed by atoms with van der Waals surface area (Å²) in [6.45, 7) is 2.15. The largest absolute Gasteiger partial charge is 0.497 e. The molecule has 3 nitrogen and oxygen atoms in total. The SMILES string of the molecule is COc1cccc(C(CO)NC(C)c2ccc(SC)cc2)c1. The van der Waals surface area contributed by atoms with Crippen molar-refractivity contribution in [1.29, 1.82) is 0 Å². The summed E-state index contributed by atoms with van der Waals surface area (Å²) in [5, 5.41) is 13.2. The maximum absolute atomic E-state index is 9.71. The molecule has 2 rings (SSSR count). The highest BCUT2D eigenvalue weighted by Crippen LogP contribution is 2.24. The summed E-state index contributed by atoms with van der Waals surface area (Å²) in [5.74, 6) is 0.801. The average molecular weight is 317 g/mol. The van der Waals surface area contributed by atoms with Crippen molar-refractivity contribution in [3.63, 3.8) is 0 Å². The zero-order valence-electron chi connectivity index (χ0n) is 13.2. The van der Waals surface area contributed by atoms with Crippen molar-refractivity contribution in [3.05, 3.63) is 59.7 Å². The summed E-state index contributed by atoms with van der Waals surface area (Å²) in [7, 11) is 1.65. The van der Waals surface area contributed by atoms with Gasteiger partial charge >= 0.3 is 0 Å². The second kappa shape index (κ2) is 8.22. The number of benzene rings is 2. The monoisotopic (exact) mass is 317 g/mol. The number of methoxy groups -OCH3 is 1. The van der Waals surface area contributed by atoms with Crippen LogP contribution in [0.3, 0.4) is 0 Å². The van der Waals surface area contributed by atoms with Crippen LogP contribution in [0.15, 0.2) is 53.4 Å². The quantitative estimate of drug-likeness (QED) is 0.762. The molecule has 118 valence electrons. The number of rotatable bonds is 7. The highest BCUT2D eigenvalue weighted by Gasteiger charge is 2.15. The Morgan fingerprint density at radius 3 is 2.45 bits per heavy atom. The molecule has 2 unspecified atom stereocenters. The van der Waals surface area contributed by atoms with Crippen LogP contribution >= 0.6 is 11.8 Å². The van der Waals surface area contributed by atoms with Gasteiger partial charge in [-0.05, 0) is 48.6 Å². The normalized spacial score (nSPS) is 13.6. The molecule has 4 heteroatoms. The molecule has 0 saturated carbocycles. The molecule has 22 heavy (non-hydrogen) atoms. The molecule has 0 saturated heterocycles. The molecule has 0 spiro atoms. The Bertz CT molecular complexity index is 586. The van der Waals surface area contributed by atoms with Crippen LogP contribution in [-0.2, 0) is 0 Å². The molecule has 0 aromatic heterocycles. The molecule has 0 aliphatic carbocycles. The van der Waals surface area contributed by atoms with Gasteiger partial charge in [0.05, 0.1) is 19.8 Å². The van der Waals surface area contributed by atoms with Crippen molar-refractivity contribution in [2.75, 3.05) is 20.0 Å². The fourth-order valence-electron chi connectivity index (χ4n) is 2.40. The third-order valence-corrected chi connectivity index (χ3v) is 4.49. The Labute approximate surface area is 136 Å². The zero-order chi connectivity index (χ0) is 15.9. The molecule has 0 amide bonds. The summed E-state index contributed by atoms with van der Waals surface area (Å²) in [4.78, 5) is 1.25. The van der Waals surface area contributed by atoms with Gasteiger partial charge in [0.25, 0.3) is 0 Å². The Kier molecular flexibility index (Phi) is 6.31. The second-order valence-electron chi connectivity index (χ2n) is 5.17. The first-order valence-electron chi connectivity index (χ1n) is 7.32.